The van der Waals surface area contributed by atoms with E-state index >= 15 is 0 Å². The molecule has 0 amide bonds. The van der Waals surface area contributed by atoms with Crippen LogP contribution in [0.25, 0.3) is 11.1 Å². The van der Waals surface area contributed by atoms with E-state index in [4.69, 9.17) is 4.74 Å². The van der Waals surface area contributed by atoms with Gasteiger partial charge in [-0.15, -0.1) is 0 Å². The smallest absolute Gasteiger partial charge is 0.252 e. The van der Waals surface area contributed by atoms with Crippen LogP contribution in [-0.2, 0) is 0 Å². The van der Waals surface area contributed by atoms with E-state index in [9.17, 15) is 0 Å². The van der Waals surface area contributed by atoms with E-state index < -0.39 is 0 Å². The first-order chi connectivity index (χ1) is 26.7. The Morgan fingerprint density at radius 2 is 0.963 bits per heavy atom. The van der Waals surface area contributed by atoms with Gasteiger partial charge in [0.1, 0.15) is 5.75 Å². The zero-order valence-corrected chi connectivity index (χ0v) is 30.6. The lowest BCUT2D eigenvalue weighted by molar-refractivity contribution is 0.484. The van der Waals surface area contributed by atoms with Crippen molar-refractivity contribution in [3.8, 4) is 22.6 Å². The van der Waals surface area contributed by atoms with Crippen LogP contribution in [0, 0.1) is 6.92 Å². The molecule has 0 bridgehead atoms. The zero-order valence-electron chi connectivity index (χ0n) is 29.8. The monoisotopic (exact) mass is 710 g/mol. The highest BCUT2D eigenvalue weighted by atomic mass is 32.2. The van der Waals surface area contributed by atoms with Crippen molar-refractivity contribution in [1.29, 1.82) is 0 Å². The molecule has 0 spiro atoms. The molecule has 0 saturated carbocycles. The summed E-state index contributed by atoms with van der Waals surface area (Å²) < 4.78 is 6.68. The topological polar surface area (TPSA) is 15.7 Å². The maximum absolute atomic E-state index is 6.68. The molecule has 10 rings (SSSR count). The molecule has 2 aliphatic heterocycles. The van der Waals surface area contributed by atoms with Gasteiger partial charge in [-0.1, -0.05) is 145 Å². The molecule has 0 aromatic heterocycles. The summed E-state index contributed by atoms with van der Waals surface area (Å²) in [4.78, 5) is 7.30. The summed E-state index contributed by atoms with van der Waals surface area (Å²) in [5, 5.41) is 0. The molecular weight excluding hydrogens is 675 g/mol. The van der Waals surface area contributed by atoms with E-state index in [1.54, 1.807) is 11.8 Å². The van der Waals surface area contributed by atoms with Crippen molar-refractivity contribution in [2.75, 3.05) is 9.80 Å². The first-order valence-corrected chi connectivity index (χ1v) is 19.2. The minimum absolute atomic E-state index is 0.0272. The molecule has 54 heavy (non-hydrogen) atoms. The van der Waals surface area contributed by atoms with Crippen molar-refractivity contribution < 1.29 is 4.74 Å². The van der Waals surface area contributed by atoms with E-state index in [2.05, 4.69) is 181 Å². The molecular formula is C49H35BN2OS. The van der Waals surface area contributed by atoms with Crippen molar-refractivity contribution >= 4 is 69.0 Å². The summed E-state index contributed by atoms with van der Waals surface area (Å²) in [5.41, 5.74) is 14.2. The van der Waals surface area contributed by atoms with Crippen LogP contribution in [-0.4, -0.2) is 6.71 Å². The van der Waals surface area contributed by atoms with E-state index in [-0.39, 0.29) is 6.71 Å². The van der Waals surface area contributed by atoms with Crippen molar-refractivity contribution in [2.45, 2.75) is 16.7 Å². The van der Waals surface area contributed by atoms with Gasteiger partial charge in [-0.05, 0) is 95.6 Å². The van der Waals surface area contributed by atoms with Gasteiger partial charge in [0.05, 0.1) is 11.4 Å². The summed E-state index contributed by atoms with van der Waals surface area (Å²) in [5.74, 6) is 1.60. The number of para-hydroxylation sites is 6. The molecule has 2 heterocycles. The minimum Gasteiger partial charge on any atom is -0.455 e. The number of hydrogen-bond donors (Lipinski definition) is 0. The maximum Gasteiger partial charge on any atom is 0.252 e. The first-order valence-electron chi connectivity index (χ1n) is 18.4. The highest BCUT2D eigenvalue weighted by molar-refractivity contribution is 7.99. The van der Waals surface area contributed by atoms with E-state index in [0.29, 0.717) is 0 Å². The largest absolute Gasteiger partial charge is 0.455 e. The van der Waals surface area contributed by atoms with Gasteiger partial charge >= 0.3 is 0 Å². The number of rotatable bonds is 7. The molecule has 0 saturated heterocycles. The summed E-state index contributed by atoms with van der Waals surface area (Å²) in [6.45, 7) is 2.17. The number of nitrogens with zero attached hydrogens (tertiary/aromatic N) is 2. The second-order valence-electron chi connectivity index (χ2n) is 13.8. The van der Waals surface area contributed by atoms with Crippen LogP contribution in [0.1, 0.15) is 5.56 Å². The predicted molar refractivity (Wildman–Crippen MR) is 228 cm³/mol. The third-order valence-electron chi connectivity index (χ3n) is 10.4. The quantitative estimate of drug-likeness (QED) is 0.153. The lowest BCUT2D eigenvalue weighted by Crippen LogP contribution is -2.61. The Morgan fingerprint density at radius 1 is 0.444 bits per heavy atom. The minimum atomic E-state index is 0.0272. The van der Waals surface area contributed by atoms with Crippen LogP contribution in [0.4, 0.5) is 34.1 Å². The lowest BCUT2D eigenvalue weighted by atomic mass is 9.33. The first kappa shape index (κ1) is 32.2. The number of hydrogen-bond acceptors (Lipinski definition) is 4. The van der Waals surface area contributed by atoms with Crippen molar-refractivity contribution in [1.82, 2.24) is 0 Å². The van der Waals surface area contributed by atoms with Crippen molar-refractivity contribution in [2.24, 2.45) is 0 Å². The Balaban J connectivity index is 1.27. The van der Waals surface area contributed by atoms with Crippen molar-refractivity contribution in [3.05, 3.63) is 200 Å². The van der Waals surface area contributed by atoms with Crippen LogP contribution in [0.3, 0.4) is 0 Å². The third kappa shape index (κ3) is 5.56. The van der Waals surface area contributed by atoms with Gasteiger partial charge in [-0.3, -0.25) is 0 Å². The summed E-state index contributed by atoms with van der Waals surface area (Å²) >= 11 is 1.80. The Morgan fingerprint density at radius 3 is 1.63 bits per heavy atom. The second kappa shape index (κ2) is 13.5. The van der Waals surface area contributed by atoms with E-state index in [0.717, 1.165) is 34.2 Å². The normalized spacial score (nSPS) is 12.5. The molecule has 0 radical (unpaired) electrons. The maximum atomic E-state index is 6.68. The van der Waals surface area contributed by atoms with Crippen LogP contribution < -0.4 is 30.9 Å². The molecule has 5 heteroatoms. The molecule has 256 valence electrons. The second-order valence-corrected chi connectivity index (χ2v) is 14.9. The van der Waals surface area contributed by atoms with E-state index in [1.165, 1.54) is 54.2 Å². The average molecular weight is 711 g/mol. The number of benzene rings is 8. The Bertz CT molecular complexity index is 2630. The summed E-state index contributed by atoms with van der Waals surface area (Å²) in [6, 6.07) is 69.5. The lowest BCUT2D eigenvalue weighted by Gasteiger charge is -2.44. The van der Waals surface area contributed by atoms with Crippen LogP contribution in [0.2, 0.25) is 0 Å². The summed E-state index contributed by atoms with van der Waals surface area (Å²) in [6.07, 6.45) is 0. The molecule has 0 aliphatic carbocycles. The standard InChI is InChI=1S/C49H35BN2OS/c1-34-28-30-37(31-29-34)54-38-32-46-49-47(33-38)52(45-26-14-15-27-48(45)53-36-18-6-3-7-19-36)44-25-13-10-22-41(44)50(49)40-21-9-12-24-43(40)51(46)42-23-11-8-20-39(42)35-16-4-2-5-17-35/h2-33H,1H3. The van der Waals surface area contributed by atoms with Gasteiger partial charge in [-0.2, -0.15) is 0 Å². The van der Waals surface area contributed by atoms with Crippen LogP contribution >= 0.6 is 11.8 Å². The molecule has 0 atom stereocenters. The molecule has 2 aliphatic rings. The van der Waals surface area contributed by atoms with Crippen LogP contribution in [0.15, 0.2) is 204 Å². The molecule has 0 fully saturated rings. The number of aryl methyl sites for hydroxylation is 1. The summed E-state index contributed by atoms with van der Waals surface area (Å²) in [7, 11) is 0. The van der Waals surface area contributed by atoms with Gasteiger partial charge in [-0.25, -0.2) is 0 Å². The van der Waals surface area contributed by atoms with Gasteiger partial charge in [0.25, 0.3) is 6.71 Å². The van der Waals surface area contributed by atoms with Crippen LogP contribution in [0.5, 0.6) is 11.5 Å². The SMILES string of the molecule is Cc1ccc(Sc2cc3c4c(c2)N(c2ccccc2-c2ccccc2)c2ccccc2B4c2ccccc2N3c2ccccc2Oc2ccccc2)cc1. The van der Waals surface area contributed by atoms with E-state index in [1.807, 2.05) is 30.3 Å². The third-order valence-corrected chi connectivity index (χ3v) is 11.4. The van der Waals surface area contributed by atoms with Gasteiger partial charge in [0.2, 0.25) is 0 Å². The fourth-order valence-electron chi connectivity index (χ4n) is 8.07. The zero-order chi connectivity index (χ0) is 36.0. The molecule has 8 aromatic carbocycles. The van der Waals surface area contributed by atoms with Gasteiger partial charge < -0.3 is 14.5 Å². The number of ether oxygens (including phenoxy) is 1. The molecule has 3 nitrogen and oxygen atoms in total. The predicted octanol–water partition coefficient (Wildman–Crippen LogP) is 11.7. The average Bonchev–Trinajstić information content (AvgIpc) is 3.23. The number of anilines is 6. The fourth-order valence-corrected chi connectivity index (χ4v) is 8.95. The highest BCUT2D eigenvalue weighted by Crippen LogP contribution is 2.49. The molecule has 0 unspecified atom stereocenters. The van der Waals surface area contributed by atoms with Gasteiger partial charge in [0, 0.05) is 38.1 Å². The highest BCUT2D eigenvalue weighted by Gasteiger charge is 2.44. The van der Waals surface area contributed by atoms with Crippen molar-refractivity contribution in [3.63, 3.8) is 0 Å². The molecule has 0 N–H and O–H groups in total. The van der Waals surface area contributed by atoms with Gasteiger partial charge in [0.15, 0.2) is 5.75 Å². The fraction of sp³-hybridized carbons (Fsp3) is 0.0204. The Kier molecular flexibility index (Phi) is 8.08. The Hall–Kier alpha value is -6.43. The number of fused-ring (bicyclic) bond motifs is 4. The molecule has 8 aromatic rings. The Labute approximate surface area is 321 Å².